The summed E-state index contributed by atoms with van der Waals surface area (Å²) in [7, 11) is 0. The number of ether oxygens (including phenoxy) is 1. The molecule has 0 aliphatic heterocycles. The number of rotatable bonds is 8. The van der Waals surface area contributed by atoms with E-state index in [2.05, 4.69) is 58.3 Å². The fourth-order valence-corrected chi connectivity index (χ4v) is 5.26. The highest BCUT2D eigenvalue weighted by atomic mass is 79.9. The number of nitrogens with one attached hydrogen (secondary N) is 1. The maximum atomic E-state index is 13.1. The third-order valence-corrected chi connectivity index (χ3v) is 6.94. The lowest BCUT2D eigenvalue weighted by molar-refractivity contribution is -0.121. The molecule has 1 amide bonds. The standard InChI is InChI=1S/C28H21Br3N2O2/c29-23-13-11-19(12-14-23)18-35-27-24(30)15-20(16-25(27)31)17-32-33-28(34)26(21-7-3-1-4-8-21)22-9-5-2-6-10-22/h1-17,26H,18H2,(H,33,34)/b32-17+. The molecular weight excluding hydrogens is 636 g/mol. The van der Waals surface area contributed by atoms with E-state index in [4.69, 9.17) is 4.74 Å². The Hall–Kier alpha value is -2.74. The van der Waals surface area contributed by atoms with Crippen LogP contribution in [0.3, 0.4) is 0 Å². The molecule has 0 aliphatic carbocycles. The molecule has 0 atom stereocenters. The number of nitrogens with zero attached hydrogens (tertiary/aromatic N) is 1. The Balaban J connectivity index is 1.45. The van der Waals surface area contributed by atoms with Crippen LogP contribution < -0.4 is 10.2 Å². The van der Waals surface area contributed by atoms with Crippen molar-refractivity contribution in [1.29, 1.82) is 0 Å². The quantitative estimate of drug-likeness (QED) is 0.155. The molecule has 7 heteroatoms. The van der Waals surface area contributed by atoms with Crippen LogP contribution in [0.4, 0.5) is 0 Å². The molecule has 0 heterocycles. The van der Waals surface area contributed by atoms with E-state index in [0.717, 1.165) is 35.7 Å². The van der Waals surface area contributed by atoms with Crippen LogP contribution in [-0.2, 0) is 11.4 Å². The Bertz CT molecular complexity index is 1250. The lowest BCUT2D eigenvalue weighted by Gasteiger charge is -2.16. The number of hydrazone groups is 1. The zero-order valence-corrected chi connectivity index (χ0v) is 23.3. The number of carbonyl (C=O) groups is 1. The number of carbonyl (C=O) groups excluding carboxylic acids is 1. The second kappa shape index (κ2) is 12.3. The van der Waals surface area contributed by atoms with Crippen molar-refractivity contribution in [3.05, 3.63) is 133 Å². The van der Waals surface area contributed by atoms with Gasteiger partial charge >= 0.3 is 0 Å². The van der Waals surface area contributed by atoms with Crippen molar-refractivity contribution in [2.45, 2.75) is 12.5 Å². The Labute approximate surface area is 229 Å². The van der Waals surface area contributed by atoms with Crippen molar-refractivity contribution in [3.63, 3.8) is 0 Å². The lowest BCUT2D eigenvalue weighted by Crippen LogP contribution is -2.26. The normalized spacial score (nSPS) is 11.1. The van der Waals surface area contributed by atoms with Gasteiger partial charge < -0.3 is 4.74 Å². The van der Waals surface area contributed by atoms with Crippen molar-refractivity contribution in [3.8, 4) is 5.75 Å². The molecule has 0 saturated heterocycles. The van der Waals surface area contributed by atoms with Gasteiger partial charge in [-0.25, -0.2) is 5.43 Å². The average Bonchev–Trinajstić information content (AvgIpc) is 2.86. The zero-order chi connectivity index (χ0) is 24.6. The van der Waals surface area contributed by atoms with Gasteiger partial charge in [-0.2, -0.15) is 5.10 Å². The van der Waals surface area contributed by atoms with E-state index < -0.39 is 5.92 Å². The predicted octanol–water partition coefficient (Wildman–Crippen LogP) is 7.84. The summed E-state index contributed by atoms with van der Waals surface area (Å²) in [5, 5.41) is 4.22. The average molecular weight is 657 g/mol. The smallest absolute Gasteiger partial charge is 0.252 e. The van der Waals surface area contributed by atoms with Gasteiger partial charge in [-0.3, -0.25) is 4.79 Å². The third-order valence-electron chi connectivity index (χ3n) is 5.23. The maximum Gasteiger partial charge on any atom is 0.252 e. The van der Waals surface area contributed by atoms with Gasteiger partial charge in [-0.1, -0.05) is 88.7 Å². The zero-order valence-electron chi connectivity index (χ0n) is 18.5. The summed E-state index contributed by atoms with van der Waals surface area (Å²) >= 11 is 10.6. The molecule has 1 N–H and O–H groups in total. The van der Waals surface area contributed by atoms with Gasteiger partial charge in [0.1, 0.15) is 12.4 Å². The molecule has 0 radical (unpaired) electrons. The second-order valence-electron chi connectivity index (χ2n) is 7.72. The highest BCUT2D eigenvalue weighted by Crippen LogP contribution is 2.35. The van der Waals surface area contributed by atoms with Gasteiger partial charge in [0.15, 0.2) is 0 Å². The van der Waals surface area contributed by atoms with Crippen molar-refractivity contribution < 1.29 is 9.53 Å². The summed E-state index contributed by atoms with van der Waals surface area (Å²) in [5.74, 6) is 0.0379. The molecule has 4 aromatic carbocycles. The minimum atomic E-state index is -0.456. The molecule has 0 saturated carbocycles. The largest absolute Gasteiger partial charge is 0.487 e. The molecule has 0 spiro atoms. The van der Waals surface area contributed by atoms with Gasteiger partial charge in [0, 0.05) is 4.47 Å². The van der Waals surface area contributed by atoms with Gasteiger partial charge in [0.2, 0.25) is 0 Å². The molecule has 176 valence electrons. The highest BCUT2D eigenvalue weighted by molar-refractivity contribution is 9.11. The molecule has 0 aromatic heterocycles. The summed E-state index contributed by atoms with van der Waals surface area (Å²) in [4.78, 5) is 13.1. The number of benzene rings is 4. The molecule has 0 bridgehead atoms. The van der Waals surface area contributed by atoms with Crippen LogP contribution in [-0.4, -0.2) is 12.1 Å². The molecule has 4 nitrogen and oxygen atoms in total. The Kier molecular flexibility index (Phi) is 8.90. The molecule has 0 aliphatic rings. The summed E-state index contributed by atoms with van der Waals surface area (Å²) in [5.41, 5.74) is 6.37. The fourth-order valence-electron chi connectivity index (χ4n) is 3.55. The fraction of sp³-hybridized carbons (Fsp3) is 0.0714. The van der Waals surface area contributed by atoms with Gasteiger partial charge in [0.05, 0.1) is 21.1 Å². The first-order valence-corrected chi connectivity index (χ1v) is 13.2. The first kappa shape index (κ1) is 25.4. The van der Waals surface area contributed by atoms with Crippen LogP contribution in [0.25, 0.3) is 0 Å². The first-order chi connectivity index (χ1) is 17.0. The minimum Gasteiger partial charge on any atom is -0.487 e. The third kappa shape index (κ3) is 6.90. The Morgan fingerprint density at radius 2 is 1.37 bits per heavy atom. The SMILES string of the molecule is O=C(N/N=C/c1cc(Br)c(OCc2ccc(Br)cc2)c(Br)c1)C(c1ccccc1)c1ccccc1. The molecule has 0 fully saturated rings. The van der Waals surface area contributed by atoms with Crippen LogP contribution in [0.5, 0.6) is 5.75 Å². The van der Waals surface area contributed by atoms with Crippen LogP contribution in [0.15, 0.2) is 116 Å². The predicted molar refractivity (Wildman–Crippen MR) is 151 cm³/mol. The van der Waals surface area contributed by atoms with E-state index in [1.54, 1.807) is 6.21 Å². The van der Waals surface area contributed by atoms with E-state index in [1.807, 2.05) is 97.1 Å². The monoisotopic (exact) mass is 654 g/mol. The summed E-state index contributed by atoms with van der Waals surface area (Å²) in [6, 6.07) is 31.1. The van der Waals surface area contributed by atoms with Crippen molar-refractivity contribution >= 4 is 59.9 Å². The van der Waals surface area contributed by atoms with E-state index in [-0.39, 0.29) is 5.91 Å². The summed E-state index contributed by atoms with van der Waals surface area (Å²) in [6.45, 7) is 0.439. The highest BCUT2D eigenvalue weighted by Gasteiger charge is 2.22. The molecule has 4 aromatic rings. The molecule has 35 heavy (non-hydrogen) atoms. The van der Waals surface area contributed by atoms with Crippen LogP contribution in [0.2, 0.25) is 0 Å². The number of hydrogen-bond acceptors (Lipinski definition) is 3. The van der Waals surface area contributed by atoms with Gasteiger partial charge in [-0.05, 0) is 78.4 Å². The van der Waals surface area contributed by atoms with Crippen LogP contribution in [0.1, 0.15) is 28.2 Å². The summed E-state index contributed by atoms with van der Waals surface area (Å²) in [6.07, 6.45) is 1.61. The molecular formula is C28H21Br3N2O2. The minimum absolute atomic E-state index is 0.203. The number of hydrogen-bond donors (Lipinski definition) is 1. The van der Waals surface area contributed by atoms with Crippen molar-refractivity contribution in [1.82, 2.24) is 5.43 Å². The topological polar surface area (TPSA) is 50.7 Å². The molecule has 0 unspecified atom stereocenters. The Morgan fingerprint density at radius 3 is 1.91 bits per heavy atom. The van der Waals surface area contributed by atoms with E-state index >= 15 is 0 Å². The van der Waals surface area contributed by atoms with Crippen molar-refractivity contribution in [2.24, 2.45) is 5.10 Å². The summed E-state index contributed by atoms with van der Waals surface area (Å²) < 4.78 is 8.58. The number of halogens is 3. The van der Waals surface area contributed by atoms with Crippen LogP contribution in [0, 0.1) is 0 Å². The second-order valence-corrected chi connectivity index (χ2v) is 10.3. The van der Waals surface area contributed by atoms with Crippen LogP contribution >= 0.6 is 47.8 Å². The number of amides is 1. The van der Waals surface area contributed by atoms with E-state index in [1.165, 1.54) is 0 Å². The lowest BCUT2D eigenvalue weighted by atomic mass is 9.91. The Morgan fingerprint density at radius 1 is 0.829 bits per heavy atom. The van der Waals surface area contributed by atoms with Crippen molar-refractivity contribution in [2.75, 3.05) is 0 Å². The van der Waals surface area contributed by atoms with Gasteiger partial charge in [-0.15, -0.1) is 0 Å². The van der Waals surface area contributed by atoms with E-state index in [9.17, 15) is 4.79 Å². The maximum absolute atomic E-state index is 13.1. The molecule has 4 rings (SSSR count). The van der Waals surface area contributed by atoms with E-state index in [0.29, 0.717) is 12.4 Å². The first-order valence-electron chi connectivity index (χ1n) is 10.8. The van der Waals surface area contributed by atoms with Gasteiger partial charge in [0.25, 0.3) is 5.91 Å².